The van der Waals surface area contributed by atoms with Gasteiger partial charge < -0.3 is 9.84 Å². The zero-order valence-electron chi connectivity index (χ0n) is 14.9. The van der Waals surface area contributed by atoms with Crippen molar-refractivity contribution in [3.63, 3.8) is 0 Å². The highest BCUT2D eigenvalue weighted by Gasteiger charge is 2.31. The van der Waals surface area contributed by atoms with Gasteiger partial charge in [-0.25, -0.2) is 0 Å². The number of benzene rings is 1. The van der Waals surface area contributed by atoms with Crippen molar-refractivity contribution in [3.8, 4) is 5.75 Å². The van der Waals surface area contributed by atoms with E-state index in [1.807, 2.05) is 44.2 Å². The van der Waals surface area contributed by atoms with Gasteiger partial charge in [-0.2, -0.15) is 0 Å². The number of hydrogen-bond donors (Lipinski definition) is 1. The van der Waals surface area contributed by atoms with Gasteiger partial charge in [-0.05, 0) is 50.5 Å². The van der Waals surface area contributed by atoms with Gasteiger partial charge in [-0.3, -0.25) is 14.5 Å². The molecule has 0 saturated carbocycles. The summed E-state index contributed by atoms with van der Waals surface area (Å²) in [7, 11) is 0. The SMILES string of the molecule is CC(C)Oc1cccc(/C=C2/SC(=S)N(CCCCCC(=O)O)C2=O)c1. The van der Waals surface area contributed by atoms with E-state index in [2.05, 4.69) is 0 Å². The molecule has 0 unspecified atom stereocenters. The molecule has 0 spiro atoms. The number of carboxylic acid groups (broad SMARTS) is 1. The molecule has 26 heavy (non-hydrogen) atoms. The number of carbonyl (C=O) groups excluding carboxylic acids is 1. The van der Waals surface area contributed by atoms with Crippen LogP contribution >= 0.6 is 24.0 Å². The van der Waals surface area contributed by atoms with Gasteiger partial charge in [0.1, 0.15) is 10.1 Å². The van der Waals surface area contributed by atoms with Gasteiger partial charge in [0, 0.05) is 13.0 Å². The Balaban J connectivity index is 1.97. The molecular weight excluding hydrogens is 370 g/mol. The fraction of sp³-hybridized carbons (Fsp3) is 0.421. The summed E-state index contributed by atoms with van der Waals surface area (Å²) in [6, 6.07) is 7.61. The molecule has 1 amide bonds. The highest BCUT2D eigenvalue weighted by Crippen LogP contribution is 2.33. The van der Waals surface area contributed by atoms with Gasteiger partial charge in [0.05, 0.1) is 11.0 Å². The first-order valence-corrected chi connectivity index (χ1v) is 9.83. The van der Waals surface area contributed by atoms with Gasteiger partial charge >= 0.3 is 5.97 Å². The average Bonchev–Trinajstić information content (AvgIpc) is 2.81. The van der Waals surface area contributed by atoms with E-state index in [1.165, 1.54) is 11.8 Å². The monoisotopic (exact) mass is 393 g/mol. The first kappa shape index (κ1) is 20.5. The summed E-state index contributed by atoms with van der Waals surface area (Å²) in [5.74, 6) is -0.113. The number of carboxylic acids is 1. The largest absolute Gasteiger partial charge is 0.491 e. The van der Waals surface area contributed by atoms with E-state index in [0.717, 1.165) is 24.2 Å². The van der Waals surface area contributed by atoms with Crippen molar-refractivity contribution in [1.29, 1.82) is 0 Å². The predicted octanol–water partition coefficient (Wildman–Crippen LogP) is 4.32. The van der Waals surface area contributed by atoms with Crippen LogP contribution in [-0.2, 0) is 9.59 Å². The van der Waals surface area contributed by atoms with Gasteiger partial charge in [-0.1, -0.05) is 42.5 Å². The molecule has 0 aliphatic carbocycles. The molecule has 1 heterocycles. The zero-order valence-corrected chi connectivity index (χ0v) is 16.6. The van der Waals surface area contributed by atoms with E-state index in [4.69, 9.17) is 22.1 Å². The topological polar surface area (TPSA) is 66.8 Å². The lowest BCUT2D eigenvalue weighted by Crippen LogP contribution is -2.29. The quantitative estimate of drug-likeness (QED) is 0.383. The predicted molar refractivity (Wildman–Crippen MR) is 108 cm³/mol. The lowest BCUT2D eigenvalue weighted by atomic mass is 10.2. The van der Waals surface area contributed by atoms with Crippen LogP contribution in [0.3, 0.4) is 0 Å². The Morgan fingerprint density at radius 2 is 2.12 bits per heavy atom. The molecule has 140 valence electrons. The number of rotatable bonds is 9. The molecule has 1 fully saturated rings. The molecule has 1 aliphatic rings. The maximum Gasteiger partial charge on any atom is 0.303 e. The summed E-state index contributed by atoms with van der Waals surface area (Å²) in [4.78, 5) is 25.3. The van der Waals surface area contributed by atoms with Crippen LogP contribution in [0.5, 0.6) is 5.75 Å². The molecular formula is C19H23NO4S2. The van der Waals surface area contributed by atoms with Crippen LogP contribution in [0.15, 0.2) is 29.2 Å². The maximum absolute atomic E-state index is 12.6. The van der Waals surface area contributed by atoms with Crippen LogP contribution < -0.4 is 4.74 Å². The second-order valence-electron chi connectivity index (χ2n) is 6.28. The molecule has 1 N–H and O–H groups in total. The van der Waals surface area contributed by atoms with E-state index in [0.29, 0.717) is 22.2 Å². The van der Waals surface area contributed by atoms with Crippen molar-refractivity contribution in [2.24, 2.45) is 0 Å². The summed E-state index contributed by atoms with van der Waals surface area (Å²) in [6.45, 7) is 4.46. The van der Waals surface area contributed by atoms with E-state index < -0.39 is 5.97 Å². The Kier molecular flexibility index (Phi) is 7.66. The fourth-order valence-corrected chi connectivity index (χ4v) is 3.83. The Labute approximate surface area is 163 Å². The van der Waals surface area contributed by atoms with Gasteiger partial charge in [0.15, 0.2) is 0 Å². The Hall–Kier alpha value is -1.86. The Morgan fingerprint density at radius 1 is 1.35 bits per heavy atom. The Morgan fingerprint density at radius 3 is 2.81 bits per heavy atom. The van der Waals surface area contributed by atoms with Crippen molar-refractivity contribution >= 4 is 46.3 Å². The van der Waals surface area contributed by atoms with Crippen molar-refractivity contribution < 1.29 is 19.4 Å². The molecule has 7 heteroatoms. The lowest BCUT2D eigenvalue weighted by molar-refractivity contribution is -0.137. The van der Waals surface area contributed by atoms with Crippen molar-refractivity contribution in [2.45, 2.75) is 45.6 Å². The minimum absolute atomic E-state index is 0.0876. The van der Waals surface area contributed by atoms with Crippen LogP contribution in [0.2, 0.25) is 0 Å². The first-order valence-electron chi connectivity index (χ1n) is 8.60. The van der Waals surface area contributed by atoms with Crippen molar-refractivity contribution in [3.05, 3.63) is 34.7 Å². The van der Waals surface area contributed by atoms with Crippen LogP contribution in [0.25, 0.3) is 6.08 Å². The average molecular weight is 394 g/mol. The summed E-state index contributed by atoms with van der Waals surface area (Å²) in [5.41, 5.74) is 0.894. The summed E-state index contributed by atoms with van der Waals surface area (Å²) >= 11 is 6.62. The van der Waals surface area contributed by atoms with Crippen LogP contribution in [0, 0.1) is 0 Å². The number of carbonyl (C=O) groups is 2. The second-order valence-corrected chi connectivity index (χ2v) is 7.95. The molecule has 0 aromatic heterocycles. The number of amides is 1. The smallest absolute Gasteiger partial charge is 0.303 e. The highest BCUT2D eigenvalue weighted by atomic mass is 32.2. The second kappa shape index (κ2) is 9.73. The molecule has 1 saturated heterocycles. The van der Waals surface area contributed by atoms with Crippen LogP contribution in [0.1, 0.15) is 45.1 Å². The number of ether oxygens (including phenoxy) is 1. The molecule has 0 atom stereocenters. The summed E-state index contributed by atoms with van der Waals surface area (Å²) in [6.07, 6.45) is 4.19. The van der Waals surface area contributed by atoms with Crippen LogP contribution in [-0.4, -0.2) is 38.9 Å². The molecule has 1 aromatic carbocycles. The van der Waals surface area contributed by atoms with Gasteiger partial charge in [0.2, 0.25) is 0 Å². The van der Waals surface area contributed by atoms with E-state index in [9.17, 15) is 9.59 Å². The van der Waals surface area contributed by atoms with Gasteiger partial charge in [0.25, 0.3) is 5.91 Å². The third-order valence-electron chi connectivity index (χ3n) is 3.67. The Bertz CT molecular complexity index is 715. The van der Waals surface area contributed by atoms with E-state index in [-0.39, 0.29) is 18.4 Å². The third-order valence-corrected chi connectivity index (χ3v) is 5.05. The first-order chi connectivity index (χ1) is 12.4. The third kappa shape index (κ3) is 6.14. The number of nitrogens with zero attached hydrogens (tertiary/aromatic N) is 1. The molecule has 2 rings (SSSR count). The lowest BCUT2D eigenvalue weighted by Gasteiger charge is -2.13. The van der Waals surface area contributed by atoms with E-state index >= 15 is 0 Å². The highest BCUT2D eigenvalue weighted by molar-refractivity contribution is 8.26. The molecule has 0 radical (unpaired) electrons. The maximum atomic E-state index is 12.6. The van der Waals surface area contributed by atoms with Crippen molar-refractivity contribution in [2.75, 3.05) is 6.54 Å². The number of thioether (sulfide) groups is 1. The van der Waals surface area contributed by atoms with Crippen molar-refractivity contribution in [1.82, 2.24) is 4.90 Å². The number of thiocarbonyl (C=S) groups is 1. The normalized spacial score (nSPS) is 16.0. The minimum Gasteiger partial charge on any atom is -0.491 e. The van der Waals surface area contributed by atoms with Crippen LogP contribution in [0.4, 0.5) is 0 Å². The molecule has 1 aliphatic heterocycles. The molecule has 5 nitrogen and oxygen atoms in total. The molecule has 0 bridgehead atoms. The number of hydrogen-bond acceptors (Lipinski definition) is 5. The van der Waals surface area contributed by atoms with Gasteiger partial charge in [-0.15, -0.1) is 0 Å². The standard InChI is InChI=1S/C19H23NO4S2/c1-13(2)24-15-8-6-7-14(11-15)12-16-18(23)20(19(25)26-16)10-5-3-4-9-17(21)22/h6-8,11-13H,3-5,9-10H2,1-2H3,(H,21,22)/b16-12+. The minimum atomic E-state index is -0.790. The summed E-state index contributed by atoms with van der Waals surface area (Å²) < 4.78 is 6.23. The summed E-state index contributed by atoms with van der Waals surface area (Å²) in [5, 5.41) is 8.65. The number of aliphatic carboxylic acids is 1. The number of unbranched alkanes of at least 4 members (excludes halogenated alkanes) is 2. The zero-order chi connectivity index (χ0) is 19.1. The van der Waals surface area contributed by atoms with E-state index in [1.54, 1.807) is 4.90 Å². The fourth-order valence-electron chi connectivity index (χ4n) is 2.52. The molecule has 1 aromatic rings.